The van der Waals surface area contributed by atoms with E-state index in [0.717, 1.165) is 249 Å². The number of unbranched alkanes of at least 4 members (excludes halogenated alkanes) is 54. The maximum atomic E-state index is 14.9. The van der Waals surface area contributed by atoms with Gasteiger partial charge in [0.1, 0.15) is 0 Å². The standard InChI is InChI=1S/C90H174N6O3/c1-7-13-19-25-31-37-43-49-55-61-73-94(74-62-56-50-44-38-32-26-20-14-8-2)79-67-70-91-88(97)85-82-86(89(98)92-71-68-80-95(75-63-57-51-45-39-33-27-21-15-9-3)76-64-58-52-46-40-34-28-22-16-10-4)84-87(83-85)90(99)93-72-69-81-96(77-65-59-53-47-41-35-29-23-17-11-5)78-66-60-54-48-42-36-30-24-18-12-6/h82-84H,7-81H2,1-6H3,(H,91,97)(H,92,98)(H,93,99)/i67D2,68D2,69D2,70D2,71D2,72D2,79D2,80D2,81D2. The SMILES string of the molecule is [2H]C([2H])(NC(=O)c1cc(C(=O)NC([2H])([2H])C([2H])([2H])C([2H])([2H])N(CCCCCCCCCCCC)CCCCCCCCCCCC)cc(C(=O)NC([2H])([2H])C([2H])([2H])C([2H])([2H])N(CCCCCCCCCCCC)CCCCCCCCCCCC)c1)C([2H])([2H])C([2H])([2H])N(CCCCCCCCCCCC)CCCCCCCCCCCC. The fourth-order valence-electron chi connectivity index (χ4n) is 13.2. The van der Waals surface area contributed by atoms with Crippen molar-refractivity contribution < 1.29 is 39.1 Å². The van der Waals surface area contributed by atoms with Gasteiger partial charge in [-0.05, 0) is 135 Å². The number of hydrogen-bond donors (Lipinski definition) is 3. The van der Waals surface area contributed by atoms with E-state index >= 15 is 0 Å². The molecule has 3 N–H and O–H groups in total. The lowest BCUT2D eigenvalue weighted by molar-refractivity contribution is 0.0950. The van der Waals surface area contributed by atoms with E-state index in [2.05, 4.69) is 41.5 Å². The third-order valence-corrected chi connectivity index (χ3v) is 19.8. The first-order valence-corrected chi connectivity index (χ1v) is 42.9. The van der Waals surface area contributed by atoms with E-state index in [1.54, 1.807) is 0 Å². The van der Waals surface area contributed by atoms with Gasteiger partial charge in [0.2, 0.25) is 0 Å². The van der Waals surface area contributed by atoms with Crippen LogP contribution in [0.25, 0.3) is 0 Å². The molecule has 0 aliphatic heterocycles. The number of amides is 3. The zero-order valence-corrected chi connectivity index (χ0v) is 66.0. The Morgan fingerprint density at radius 1 is 0.232 bits per heavy atom. The first-order chi connectivity index (χ1) is 55.5. The number of carbonyl (C=O) groups excluding carboxylic acids is 3. The quantitative estimate of drug-likeness (QED) is 0.0562. The number of hydrogen-bond acceptors (Lipinski definition) is 6. The molecule has 1 aromatic rings. The van der Waals surface area contributed by atoms with E-state index in [0.29, 0.717) is 38.5 Å². The van der Waals surface area contributed by atoms with Crippen molar-refractivity contribution >= 4 is 17.7 Å². The molecule has 0 fully saturated rings. The van der Waals surface area contributed by atoms with E-state index in [-0.39, 0.29) is 39.3 Å². The monoisotopic (exact) mass is 1410 g/mol. The van der Waals surface area contributed by atoms with Crippen LogP contribution in [0.4, 0.5) is 0 Å². The van der Waals surface area contributed by atoms with Gasteiger partial charge in [-0.25, -0.2) is 0 Å². The Morgan fingerprint density at radius 3 is 0.505 bits per heavy atom. The van der Waals surface area contributed by atoms with E-state index in [1.807, 2.05) is 16.0 Å². The predicted octanol–water partition coefficient (Wildman–Crippen LogP) is 26.5. The molecular formula is C90H174N6O3. The second-order valence-electron chi connectivity index (χ2n) is 29.3. The number of carbonyl (C=O) groups is 3. The van der Waals surface area contributed by atoms with E-state index in [9.17, 15) is 39.1 Å². The fourth-order valence-corrected chi connectivity index (χ4v) is 13.2. The Hall–Kier alpha value is -2.49. The van der Waals surface area contributed by atoms with Gasteiger partial charge in [-0.15, -0.1) is 0 Å². The number of rotatable bonds is 81. The Balaban J connectivity index is 4.08. The second-order valence-corrected chi connectivity index (χ2v) is 29.3. The zero-order valence-electron chi connectivity index (χ0n) is 84.0. The zero-order chi connectivity index (χ0) is 87.6. The van der Waals surface area contributed by atoms with Gasteiger partial charge in [0.25, 0.3) is 17.7 Å². The Labute approximate surface area is 644 Å². The minimum atomic E-state index is -3.57. The van der Waals surface area contributed by atoms with Crippen molar-refractivity contribution in [1.29, 1.82) is 0 Å². The molecule has 99 heavy (non-hydrogen) atoms. The summed E-state index contributed by atoms with van der Waals surface area (Å²) in [6.07, 6.45) is 49.7. The lowest BCUT2D eigenvalue weighted by atomic mass is 10.0. The highest BCUT2D eigenvalue weighted by molar-refractivity contribution is 6.04. The highest BCUT2D eigenvalue weighted by atomic mass is 16.2. The molecule has 0 saturated heterocycles. The van der Waals surface area contributed by atoms with Crippen LogP contribution in [0.15, 0.2) is 18.2 Å². The van der Waals surface area contributed by atoms with Crippen molar-refractivity contribution in [3.05, 3.63) is 34.9 Å². The molecule has 1 rings (SSSR count). The topological polar surface area (TPSA) is 97.0 Å². The summed E-state index contributed by atoms with van der Waals surface area (Å²) in [5.41, 5.74) is -2.34. The van der Waals surface area contributed by atoms with Gasteiger partial charge in [-0.3, -0.25) is 14.4 Å². The third-order valence-electron chi connectivity index (χ3n) is 19.8. The van der Waals surface area contributed by atoms with Crippen molar-refractivity contribution in [2.24, 2.45) is 0 Å². The van der Waals surface area contributed by atoms with Crippen LogP contribution in [0.2, 0.25) is 0 Å². The number of nitrogens with zero attached hydrogens (tertiary/aromatic N) is 3. The fraction of sp³-hybridized carbons (Fsp3) is 0.900. The summed E-state index contributed by atoms with van der Waals surface area (Å²) in [4.78, 5) is 48.7. The van der Waals surface area contributed by atoms with Gasteiger partial charge in [0.05, 0.1) is 0 Å². The highest BCUT2D eigenvalue weighted by Crippen LogP contribution is 2.19. The summed E-state index contributed by atoms with van der Waals surface area (Å²) in [7, 11) is 0. The van der Waals surface area contributed by atoms with Gasteiger partial charge in [0.15, 0.2) is 0 Å². The van der Waals surface area contributed by atoms with E-state index < -0.39 is 92.5 Å². The largest absolute Gasteiger partial charge is 0.352 e. The molecule has 0 radical (unpaired) electrons. The molecule has 0 unspecified atom stereocenters. The van der Waals surface area contributed by atoms with Crippen molar-refractivity contribution in [2.75, 3.05) is 78.2 Å². The molecule has 0 aromatic heterocycles. The van der Waals surface area contributed by atoms with Crippen molar-refractivity contribution in [1.82, 2.24) is 30.7 Å². The van der Waals surface area contributed by atoms with Crippen molar-refractivity contribution in [2.45, 2.75) is 446 Å². The predicted molar refractivity (Wildman–Crippen MR) is 438 cm³/mol. The minimum absolute atomic E-state index is 0.0908. The summed E-state index contributed by atoms with van der Waals surface area (Å²) in [6.45, 7) is -6.26. The maximum absolute atomic E-state index is 14.9. The van der Waals surface area contributed by atoms with E-state index in [1.165, 1.54) is 130 Å². The van der Waals surface area contributed by atoms with Crippen LogP contribution in [0.3, 0.4) is 0 Å². The van der Waals surface area contributed by atoms with Crippen molar-refractivity contribution in [3.63, 3.8) is 0 Å². The summed E-state index contributed by atoms with van der Waals surface area (Å²) < 4.78 is 169. The molecule has 0 heterocycles. The number of nitrogens with one attached hydrogen (secondary N) is 3. The molecule has 9 heteroatoms. The molecule has 0 aliphatic rings. The Morgan fingerprint density at radius 2 is 0.364 bits per heavy atom. The van der Waals surface area contributed by atoms with Crippen LogP contribution in [-0.4, -0.2) is 111 Å². The van der Waals surface area contributed by atoms with Crippen LogP contribution in [0.5, 0.6) is 0 Å². The molecule has 1 aromatic carbocycles. The van der Waals surface area contributed by atoms with Crippen LogP contribution < -0.4 is 16.0 Å². The molecule has 3 amide bonds. The summed E-state index contributed by atoms with van der Waals surface area (Å²) in [5.74, 6) is -4.52. The Bertz CT molecular complexity index is 2300. The number of benzene rings is 1. The molecule has 0 atom stereocenters. The van der Waals surface area contributed by atoms with Crippen LogP contribution in [0.1, 0.15) is 502 Å². The summed E-state index contributed by atoms with van der Waals surface area (Å²) in [5, 5.41) is 6.01. The first kappa shape index (κ1) is 67.1. The molecule has 582 valence electrons. The second kappa shape index (κ2) is 76.6. The molecule has 0 saturated carbocycles. The third kappa shape index (κ3) is 63.7. The first-order valence-electron chi connectivity index (χ1n) is 51.9. The summed E-state index contributed by atoms with van der Waals surface area (Å²) >= 11 is 0. The average molecular weight is 1410 g/mol. The lowest BCUT2D eigenvalue weighted by Crippen LogP contribution is -2.33. The average Bonchev–Trinajstić information content (AvgIpc) is 0.761. The maximum Gasteiger partial charge on any atom is 0.251 e. The van der Waals surface area contributed by atoms with Gasteiger partial charge in [0, 0.05) is 60.9 Å². The van der Waals surface area contributed by atoms with E-state index in [4.69, 9.17) is 0 Å². The Kier molecular flexibility index (Phi) is 52.0. The van der Waals surface area contributed by atoms with Gasteiger partial charge in [-0.1, -0.05) is 388 Å². The van der Waals surface area contributed by atoms with Crippen molar-refractivity contribution in [3.8, 4) is 0 Å². The smallest absolute Gasteiger partial charge is 0.251 e. The molecule has 0 spiro atoms. The van der Waals surface area contributed by atoms with Crippen LogP contribution >= 0.6 is 0 Å². The summed E-state index contributed by atoms with van der Waals surface area (Å²) in [6, 6.07) is 2.37. The van der Waals surface area contributed by atoms with Gasteiger partial charge in [-0.2, -0.15) is 0 Å². The van der Waals surface area contributed by atoms with Gasteiger partial charge < -0.3 is 30.7 Å². The highest BCUT2D eigenvalue weighted by Gasteiger charge is 2.18. The normalized spacial score (nSPS) is 15.7. The molecule has 0 bridgehead atoms. The molecular weight excluding hydrogens is 1210 g/mol. The minimum Gasteiger partial charge on any atom is -0.352 e. The molecule has 9 nitrogen and oxygen atoms in total. The van der Waals surface area contributed by atoms with Crippen LogP contribution in [0, 0.1) is 0 Å². The lowest BCUT2D eigenvalue weighted by Gasteiger charge is -2.23. The molecule has 0 aliphatic carbocycles. The van der Waals surface area contributed by atoms with Gasteiger partial charge >= 0.3 is 0 Å². The van der Waals surface area contributed by atoms with Crippen LogP contribution in [-0.2, 0) is 0 Å².